The number of ether oxygens (including phenoxy) is 4. The van der Waals surface area contributed by atoms with Crippen LogP contribution in [0.1, 0.15) is 38.2 Å². The number of carbonyl (C=O) groups excluding carboxylic acids is 2. The molecule has 0 spiro atoms. The van der Waals surface area contributed by atoms with E-state index in [2.05, 4.69) is 11.4 Å². The number of carbonyl (C=O) groups is 2. The Morgan fingerprint density at radius 3 is 2.56 bits per heavy atom. The minimum atomic E-state index is -0.425. The van der Waals surface area contributed by atoms with Crippen LogP contribution in [0.15, 0.2) is 42.5 Å². The molecule has 0 radical (unpaired) electrons. The summed E-state index contributed by atoms with van der Waals surface area (Å²) in [6.45, 7) is 7.66. The van der Waals surface area contributed by atoms with E-state index >= 15 is 0 Å². The van der Waals surface area contributed by atoms with Crippen molar-refractivity contribution in [2.45, 2.75) is 45.3 Å². The summed E-state index contributed by atoms with van der Waals surface area (Å²) in [5.41, 5.74) is 10.4. The fraction of sp³-hybridized carbons (Fsp3) is 0.542. The van der Waals surface area contributed by atoms with Crippen LogP contribution in [0.3, 0.4) is 0 Å². The third-order valence-electron chi connectivity index (χ3n) is 4.87. The zero-order valence-electron chi connectivity index (χ0n) is 19.0. The molecule has 0 bridgehead atoms. The maximum atomic E-state index is 12.8. The molecule has 8 nitrogen and oxygen atoms in total. The molecule has 0 heterocycles. The molecule has 0 N–H and O–H groups in total. The van der Waals surface area contributed by atoms with Crippen LogP contribution in [0.5, 0.6) is 0 Å². The van der Waals surface area contributed by atoms with Crippen molar-refractivity contribution < 1.29 is 33.3 Å². The highest BCUT2D eigenvalue weighted by Gasteiger charge is 2.26. The molecule has 0 saturated carbocycles. The molecule has 0 aromatic heterocycles. The van der Waals surface area contributed by atoms with Gasteiger partial charge in [-0.2, -0.15) is 4.79 Å². The van der Waals surface area contributed by atoms with Gasteiger partial charge in [-0.3, -0.25) is 9.59 Å². The maximum absolute atomic E-state index is 12.8. The van der Waals surface area contributed by atoms with Crippen LogP contribution in [-0.2, 0) is 35.1 Å². The number of Topliss-reactive ketones (excluding diaryl/α,β-unsaturated/α-hetero) is 2. The predicted octanol–water partition coefficient (Wildman–Crippen LogP) is 3.40. The quantitative estimate of drug-likeness (QED) is 0.0805. The molecule has 2 atom stereocenters. The summed E-state index contributed by atoms with van der Waals surface area (Å²) in [5, 5.41) is 0. The molecule has 176 valence electrons. The molecule has 0 aliphatic rings. The van der Waals surface area contributed by atoms with E-state index < -0.39 is 17.8 Å². The number of hydrogen-bond donors (Lipinski definition) is 0. The van der Waals surface area contributed by atoms with Crippen molar-refractivity contribution in [3.8, 4) is 0 Å². The van der Waals surface area contributed by atoms with E-state index in [1.165, 1.54) is 0 Å². The van der Waals surface area contributed by atoms with Crippen molar-refractivity contribution in [1.29, 1.82) is 0 Å². The molecule has 8 heteroatoms. The van der Waals surface area contributed by atoms with Gasteiger partial charge >= 0.3 is 6.21 Å². The Morgan fingerprint density at radius 2 is 1.88 bits per heavy atom. The van der Waals surface area contributed by atoms with Gasteiger partial charge in [-0.25, -0.2) is 0 Å². The van der Waals surface area contributed by atoms with Crippen LogP contribution in [0.2, 0.25) is 0 Å². The lowest BCUT2D eigenvalue weighted by molar-refractivity contribution is -0.138. The third kappa shape index (κ3) is 12.4. The second kappa shape index (κ2) is 17.1. The van der Waals surface area contributed by atoms with Gasteiger partial charge in [-0.05, 0) is 25.3 Å². The van der Waals surface area contributed by atoms with E-state index in [1.807, 2.05) is 37.3 Å². The highest BCUT2D eigenvalue weighted by Crippen LogP contribution is 2.21. The van der Waals surface area contributed by atoms with Crippen LogP contribution in [-0.4, -0.2) is 62.4 Å². The summed E-state index contributed by atoms with van der Waals surface area (Å²) >= 11 is 0. The van der Waals surface area contributed by atoms with Gasteiger partial charge in [0, 0.05) is 25.9 Å². The van der Waals surface area contributed by atoms with E-state index in [9.17, 15) is 9.59 Å². The average molecular weight is 447 g/mol. The minimum Gasteiger partial charge on any atom is -0.382 e. The fourth-order valence-corrected chi connectivity index (χ4v) is 3.01. The van der Waals surface area contributed by atoms with Gasteiger partial charge < -0.3 is 24.5 Å². The summed E-state index contributed by atoms with van der Waals surface area (Å²) in [7, 11) is 1.58. The highest BCUT2D eigenvalue weighted by atomic mass is 16.7. The second-order valence-corrected chi connectivity index (χ2v) is 7.44. The van der Waals surface area contributed by atoms with E-state index in [1.54, 1.807) is 7.11 Å². The van der Waals surface area contributed by atoms with Crippen LogP contribution in [0.25, 0.3) is 5.53 Å². The number of methoxy groups -OCH3 is 1. The average Bonchev–Trinajstić information content (AvgIpc) is 2.78. The maximum Gasteiger partial charge on any atom is 0.323 e. The van der Waals surface area contributed by atoms with Crippen molar-refractivity contribution in [2.24, 2.45) is 5.92 Å². The van der Waals surface area contributed by atoms with Gasteiger partial charge in [0.25, 0.3) is 0 Å². The van der Waals surface area contributed by atoms with Crippen LogP contribution >= 0.6 is 0 Å². The number of nitrogens with zero attached hydrogens (tertiary/aromatic N) is 2. The lowest BCUT2D eigenvalue weighted by Crippen LogP contribution is -2.30. The van der Waals surface area contributed by atoms with E-state index in [-0.39, 0.29) is 25.4 Å². The van der Waals surface area contributed by atoms with Crippen molar-refractivity contribution in [2.75, 3.05) is 33.7 Å². The predicted molar refractivity (Wildman–Crippen MR) is 120 cm³/mol. The first-order valence-electron chi connectivity index (χ1n) is 10.7. The molecule has 32 heavy (non-hydrogen) atoms. The molecule has 0 saturated heterocycles. The first kappa shape index (κ1) is 27.6. The van der Waals surface area contributed by atoms with Gasteiger partial charge in [0.05, 0.1) is 32.5 Å². The van der Waals surface area contributed by atoms with Gasteiger partial charge in [0.1, 0.15) is 12.6 Å². The lowest BCUT2D eigenvalue weighted by Gasteiger charge is -2.23. The zero-order valence-corrected chi connectivity index (χ0v) is 19.0. The standard InChI is InChI=1S/C24H34N2O6/c1-19(16-31-17-21-7-5-4-6-8-21)9-11-23(20(2)32-18-30-14-13-29-3)24(28)12-10-22(27)15-26-25/h4-8,15,20,23H,1,9-14,16-18H2,2-3H3/t20-,23-/m1/s1. The van der Waals surface area contributed by atoms with Gasteiger partial charge in [-0.1, -0.05) is 42.5 Å². The highest BCUT2D eigenvalue weighted by molar-refractivity contribution is 6.25. The van der Waals surface area contributed by atoms with E-state index in [0.29, 0.717) is 39.3 Å². The Labute approximate surface area is 190 Å². The molecule has 1 aromatic rings. The van der Waals surface area contributed by atoms with E-state index in [4.69, 9.17) is 24.5 Å². The van der Waals surface area contributed by atoms with E-state index in [0.717, 1.165) is 17.4 Å². The molecule has 0 unspecified atom stereocenters. The van der Waals surface area contributed by atoms with Crippen molar-refractivity contribution in [3.05, 3.63) is 53.6 Å². The van der Waals surface area contributed by atoms with Crippen molar-refractivity contribution in [1.82, 2.24) is 0 Å². The smallest absolute Gasteiger partial charge is 0.323 e. The van der Waals surface area contributed by atoms with Crippen molar-refractivity contribution in [3.63, 3.8) is 0 Å². The summed E-state index contributed by atoms with van der Waals surface area (Å²) in [6.07, 6.45) is 1.55. The summed E-state index contributed by atoms with van der Waals surface area (Å²) < 4.78 is 21.6. The summed E-state index contributed by atoms with van der Waals surface area (Å²) in [4.78, 5) is 27.0. The van der Waals surface area contributed by atoms with Gasteiger partial charge in [-0.15, -0.1) is 0 Å². The second-order valence-electron chi connectivity index (χ2n) is 7.44. The molecule has 0 amide bonds. The number of benzene rings is 1. The van der Waals surface area contributed by atoms with Gasteiger partial charge in [0.15, 0.2) is 0 Å². The Morgan fingerprint density at radius 1 is 1.12 bits per heavy atom. The third-order valence-corrected chi connectivity index (χ3v) is 4.87. The number of rotatable bonds is 19. The normalized spacial score (nSPS) is 12.6. The zero-order chi connectivity index (χ0) is 23.6. The number of ketones is 2. The summed E-state index contributed by atoms with van der Waals surface area (Å²) in [5.74, 6) is -0.923. The van der Waals surface area contributed by atoms with Crippen LogP contribution < -0.4 is 0 Å². The Bertz CT molecular complexity index is 746. The first-order chi connectivity index (χ1) is 15.5. The molecular formula is C24H34N2O6. The lowest BCUT2D eigenvalue weighted by atomic mass is 9.89. The monoisotopic (exact) mass is 446 g/mol. The number of hydrogen-bond acceptors (Lipinski definition) is 6. The Kier molecular flexibility index (Phi) is 14.7. The van der Waals surface area contributed by atoms with Gasteiger partial charge in [0.2, 0.25) is 5.78 Å². The molecular weight excluding hydrogens is 412 g/mol. The first-order valence-corrected chi connectivity index (χ1v) is 10.7. The van der Waals surface area contributed by atoms with Crippen LogP contribution in [0.4, 0.5) is 0 Å². The molecule has 0 aliphatic carbocycles. The minimum absolute atomic E-state index is 0.0163. The Hall–Kier alpha value is -2.48. The summed E-state index contributed by atoms with van der Waals surface area (Å²) in [6, 6.07) is 9.86. The SMILES string of the molecule is C=C(CC[C@@H](C(=O)CCC(=O)C=[N+]=[N-])[C@@H](C)OCOCCOC)COCc1ccccc1. The molecule has 1 rings (SSSR count). The fourth-order valence-electron chi connectivity index (χ4n) is 3.01. The molecule has 1 aromatic carbocycles. The van der Waals surface area contributed by atoms with Crippen LogP contribution in [0, 0.1) is 5.92 Å². The molecule has 0 fully saturated rings. The van der Waals surface area contributed by atoms with Crippen molar-refractivity contribution >= 4 is 17.8 Å². The topological polar surface area (TPSA) is 107 Å². The largest absolute Gasteiger partial charge is 0.382 e. The Balaban J connectivity index is 2.53. The molecule has 0 aliphatic heterocycles.